The van der Waals surface area contributed by atoms with Gasteiger partial charge in [-0.15, -0.1) is 0 Å². The first-order valence-corrected chi connectivity index (χ1v) is 7.41. The zero-order chi connectivity index (χ0) is 16.7. The first-order valence-electron chi connectivity index (χ1n) is 7.41. The Morgan fingerprint density at radius 2 is 2.04 bits per heavy atom. The van der Waals surface area contributed by atoms with E-state index in [2.05, 4.69) is 10.5 Å². The number of aryl methyl sites for hydroxylation is 2. The molecule has 2 amide bonds. The van der Waals surface area contributed by atoms with Crippen LogP contribution in [0.5, 0.6) is 0 Å². The molecule has 1 fully saturated rings. The lowest BCUT2D eigenvalue weighted by Crippen LogP contribution is -2.36. The second-order valence-corrected chi connectivity index (χ2v) is 5.60. The highest BCUT2D eigenvalue weighted by Crippen LogP contribution is 2.33. The van der Waals surface area contributed by atoms with E-state index >= 15 is 0 Å². The van der Waals surface area contributed by atoms with E-state index in [4.69, 9.17) is 4.74 Å². The van der Waals surface area contributed by atoms with Crippen molar-refractivity contribution in [3.63, 3.8) is 0 Å². The lowest BCUT2D eigenvalue weighted by atomic mass is 9.99. The molecule has 1 aromatic rings. The number of hydrazone groups is 1. The number of nitrogens with zero attached hydrogens (tertiary/aromatic N) is 2. The second kappa shape index (κ2) is 5.49. The van der Waals surface area contributed by atoms with Crippen LogP contribution < -0.4 is 10.3 Å². The molecule has 2 heterocycles. The van der Waals surface area contributed by atoms with E-state index in [0.717, 1.165) is 16.0 Å². The molecule has 0 spiro atoms. The predicted molar refractivity (Wildman–Crippen MR) is 82.9 cm³/mol. The minimum Gasteiger partial charge on any atom is -0.461 e. The molecule has 7 nitrogen and oxygen atoms in total. The second-order valence-electron chi connectivity index (χ2n) is 5.60. The van der Waals surface area contributed by atoms with Crippen LogP contribution >= 0.6 is 0 Å². The van der Waals surface area contributed by atoms with Crippen molar-refractivity contribution in [1.29, 1.82) is 0 Å². The summed E-state index contributed by atoms with van der Waals surface area (Å²) in [6.45, 7) is 5.57. The van der Waals surface area contributed by atoms with E-state index in [-0.39, 0.29) is 12.3 Å². The molecule has 2 aliphatic rings. The van der Waals surface area contributed by atoms with Crippen LogP contribution in [0.2, 0.25) is 0 Å². The van der Waals surface area contributed by atoms with Crippen LogP contribution in [-0.4, -0.2) is 36.1 Å². The highest BCUT2D eigenvalue weighted by molar-refractivity contribution is 6.46. The Bertz CT molecular complexity index is 741. The molecule has 0 saturated carbocycles. The van der Waals surface area contributed by atoms with Crippen molar-refractivity contribution in [2.45, 2.75) is 26.8 Å². The molecule has 0 radical (unpaired) electrons. The van der Waals surface area contributed by atoms with Gasteiger partial charge in [-0.2, -0.15) is 5.10 Å². The number of imide groups is 1. The van der Waals surface area contributed by atoms with Crippen molar-refractivity contribution in [2.24, 2.45) is 11.0 Å². The Hall–Kier alpha value is -2.70. The number of anilines is 1. The smallest absolute Gasteiger partial charge is 0.355 e. The third-order valence-corrected chi connectivity index (χ3v) is 4.01. The Labute approximate surface area is 133 Å². The van der Waals surface area contributed by atoms with Crippen molar-refractivity contribution in [3.05, 3.63) is 29.3 Å². The number of nitrogens with one attached hydrogen (secondary N) is 1. The third-order valence-electron chi connectivity index (χ3n) is 4.01. The van der Waals surface area contributed by atoms with Gasteiger partial charge in [0.05, 0.1) is 12.3 Å². The summed E-state index contributed by atoms with van der Waals surface area (Å²) in [4.78, 5) is 38.4. The monoisotopic (exact) mass is 315 g/mol. The van der Waals surface area contributed by atoms with Crippen molar-refractivity contribution in [3.8, 4) is 0 Å². The number of amides is 2. The van der Waals surface area contributed by atoms with Crippen molar-refractivity contribution in [1.82, 2.24) is 5.43 Å². The molecule has 1 aromatic carbocycles. The van der Waals surface area contributed by atoms with Crippen LogP contribution in [0.25, 0.3) is 0 Å². The van der Waals surface area contributed by atoms with Crippen LogP contribution in [-0.2, 0) is 19.1 Å². The largest absolute Gasteiger partial charge is 0.461 e. The molecule has 7 heteroatoms. The molecule has 1 N–H and O–H groups in total. The van der Waals surface area contributed by atoms with Gasteiger partial charge in [0.25, 0.3) is 5.91 Å². The van der Waals surface area contributed by atoms with Crippen LogP contribution in [0.3, 0.4) is 0 Å². The van der Waals surface area contributed by atoms with Crippen molar-refractivity contribution < 1.29 is 19.1 Å². The van der Waals surface area contributed by atoms with Gasteiger partial charge in [-0.05, 0) is 38.0 Å². The topological polar surface area (TPSA) is 88.1 Å². The summed E-state index contributed by atoms with van der Waals surface area (Å²) in [6, 6.07) is 4.70. The Morgan fingerprint density at radius 3 is 2.74 bits per heavy atom. The molecule has 120 valence electrons. The Balaban J connectivity index is 1.97. The van der Waals surface area contributed by atoms with E-state index in [0.29, 0.717) is 5.69 Å². The van der Waals surface area contributed by atoms with Crippen molar-refractivity contribution in [2.75, 3.05) is 11.5 Å². The zero-order valence-corrected chi connectivity index (χ0v) is 13.1. The minimum absolute atomic E-state index is 0.0389. The maximum absolute atomic E-state index is 12.8. The number of fused-ring (bicyclic) bond motifs is 1. The molecular formula is C16H17N3O4. The fourth-order valence-electron chi connectivity index (χ4n) is 2.86. The number of hydrogen-bond acceptors (Lipinski definition) is 6. The van der Waals surface area contributed by atoms with Crippen LogP contribution in [0.4, 0.5) is 5.69 Å². The van der Waals surface area contributed by atoms with Gasteiger partial charge in [0.2, 0.25) is 5.91 Å². The number of rotatable bonds is 3. The Kier molecular flexibility index (Phi) is 3.63. The number of ether oxygens (including phenoxy) is 1. The van der Waals surface area contributed by atoms with Crippen LogP contribution in [0.15, 0.2) is 23.3 Å². The number of carbonyl (C=O) groups excluding carboxylic acids is 3. The molecule has 2 atom stereocenters. The van der Waals surface area contributed by atoms with E-state index in [9.17, 15) is 14.4 Å². The molecule has 23 heavy (non-hydrogen) atoms. The number of hydrogen-bond donors (Lipinski definition) is 1. The summed E-state index contributed by atoms with van der Waals surface area (Å²) in [5.41, 5.74) is 4.85. The quantitative estimate of drug-likeness (QED) is 0.655. The highest BCUT2D eigenvalue weighted by atomic mass is 16.5. The maximum Gasteiger partial charge on any atom is 0.355 e. The SMILES string of the molecule is CCOC(=O)C1=NN[C@@H]2C(=O)N(c3cc(C)ccc3C)C(=O)[C@@H]12. The molecule has 1 saturated heterocycles. The summed E-state index contributed by atoms with van der Waals surface area (Å²) >= 11 is 0. The molecule has 0 unspecified atom stereocenters. The van der Waals surface area contributed by atoms with Gasteiger partial charge in [-0.25, -0.2) is 9.69 Å². The van der Waals surface area contributed by atoms with Crippen LogP contribution in [0, 0.1) is 19.8 Å². The number of benzene rings is 1. The number of carbonyl (C=O) groups is 3. The average Bonchev–Trinajstić information content (AvgIpc) is 3.04. The summed E-state index contributed by atoms with van der Waals surface area (Å²) < 4.78 is 4.91. The third kappa shape index (κ3) is 2.28. The first kappa shape index (κ1) is 15.2. The van der Waals surface area contributed by atoms with Gasteiger partial charge in [-0.3, -0.25) is 15.0 Å². The van der Waals surface area contributed by atoms with Gasteiger partial charge in [-0.1, -0.05) is 12.1 Å². The molecular weight excluding hydrogens is 298 g/mol. The van der Waals surface area contributed by atoms with Gasteiger partial charge in [0.15, 0.2) is 5.71 Å². The normalized spacial score (nSPS) is 22.7. The van der Waals surface area contributed by atoms with E-state index in [1.54, 1.807) is 13.0 Å². The van der Waals surface area contributed by atoms with E-state index in [1.165, 1.54) is 0 Å². The lowest BCUT2D eigenvalue weighted by Gasteiger charge is -2.18. The van der Waals surface area contributed by atoms with Gasteiger partial charge in [0, 0.05) is 0 Å². The summed E-state index contributed by atoms with van der Waals surface area (Å²) in [5, 5.41) is 3.83. The predicted octanol–water partition coefficient (Wildman–Crippen LogP) is 0.684. The summed E-state index contributed by atoms with van der Waals surface area (Å²) in [7, 11) is 0. The molecule has 3 rings (SSSR count). The molecule has 0 bridgehead atoms. The molecule has 0 aromatic heterocycles. The minimum atomic E-state index is -0.929. The van der Waals surface area contributed by atoms with Gasteiger partial charge < -0.3 is 4.74 Å². The summed E-state index contributed by atoms with van der Waals surface area (Å²) in [6.07, 6.45) is 0. The fraction of sp³-hybridized carbons (Fsp3) is 0.375. The molecule has 2 aliphatic heterocycles. The van der Waals surface area contributed by atoms with Crippen LogP contribution in [0.1, 0.15) is 18.1 Å². The molecule has 0 aliphatic carbocycles. The lowest BCUT2D eigenvalue weighted by molar-refractivity contribution is -0.136. The number of esters is 1. The van der Waals surface area contributed by atoms with Crippen molar-refractivity contribution >= 4 is 29.2 Å². The van der Waals surface area contributed by atoms with Gasteiger partial charge in [0.1, 0.15) is 12.0 Å². The Morgan fingerprint density at radius 1 is 1.30 bits per heavy atom. The maximum atomic E-state index is 12.8. The van der Waals surface area contributed by atoms with E-state index < -0.39 is 29.7 Å². The first-order chi connectivity index (χ1) is 11.0. The average molecular weight is 315 g/mol. The fourth-order valence-corrected chi connectivity index (χ4v) is 2.86. The van der Waals surface area contributed by atoms with Gasteiger partial charge >= 0.3 is 5.97 Å². The van der Waals surface area contributed by atoms with E-state index in [1.807, 2.05) is 26.0 Å². The summed E-state index contributed by atoms with van der Waals surface area (Å²) in [5.74, 6) is -2.46. The highest BCUT2D eigenvalue weighted by Gasteiger charge is 2.55. The standard InChI is InChI=1S/C16H17N3O4/c1-4-23-16(22)13-11-12(17-18-13)15(21)19(14(11)20)10-7-8(2)5-6-9(10)3/h5-7,11-12,17H,4H2,1-3H3/t11-,12+/m1/s1. The zero-order valence-electron chi connectivity index (χ0n) is 13.1.